The van der Waals surface area contributed by atoms with Gasteiger partial charge in [0.2, 0.25) is 5.84 Å². The molecule has 0 radical (unpaired) electrons. The Bertz CT molecular complexity index is 161. The van der Waals surface area contributed by atoms with Crippen LogP contribution < -0.4 is 0 Å². The highest BCUT2D eigenvalue weighted by Crippen LogP contribution is 2.07. The number of amidine groups is 1. The Morgan fingerprint density at radius 1 is 1.70 bits per heavy atom. The highest BCUT2D eigenvalue weighted by molar-refractivity contribution is 5.75. The molecule has 2 heteroatoms. The van der Waals surface area contributed by atoms with Crippen molar-refractivity contribution in [1.29, 1.82) is 0 Å². The lowest BCUT2D eigenvalue weighted by atomic mass is 10.2. The van der Waals surface area contributed by atoms with Gasteiger partial charge in [-0.25, -0.2) is 0 Å². The predicted octanol–water partition coefficient (Wildman–Crippen LogP) is 0.771. The van der Waals surface area contributed by atoms with E-state index in [4.69, 9.17) is 0 Å². The van der Waals surface area contributed by atoms with Gasteiger partial charge in [-0.05, 0) is 6.42 Å². The van der Waals surface area contributed by atoms with E-state index in [-0.39, 0.29) is 0 Å². The Labute approximate surface area is 63.2 Å². The molecule has 1 aliphatic rings. The summed E-state index contributed by atoms with van der Waals surface area (Å²) >= 11 is 0. The molecule has 1 heterocycles. The summed E-state index contributed by atoms with van der Waals surface area (Å²) in [4.78, 5) is 2.31. The van der Waals surface area contributed by atoms with Crippen LogP contribution >= 0.6 is 0 Å². The van der Waals surface area contributed by atoms with Crippen LogP contribution in [0.1, 0.15) is 20.3 Å². The first-order valence-electron chi connectivity index (χ1n) is 3.94. The summed E-state index contributed by atoms with van der Waals surface area (Å²) in [6.45, 7) is 5.61. The van der Waals surface area contributed by atoms with Gasteiger partial charge in [-0.1, -0.05) is 6.92 Å². The molecule has 0 spiro atoms. The molecular weight excluding hydrogens is 124 g/mol. The first-order chi connectivity index (χ1) is 4.66. The quantitative estimate of drug-likeness (QED) is 0.489. The van der Waals surface area contributed by atoms with Crippen molar-refractivity contribution in [3.63, 3.8) is 0 Å². The Hall–Kier alpha value is -0.530. The van der Waals surface area contributed by atoms with Crippen molar-refractivity contribution in [3.05, 3.63) is 0 Å². The maximum Gasteiger partial charge on any atom is 0.243 e. The number of rotatable bonds is 1. The molecule has 0 aromatic heterocycles. The van der Waals surface area contributed by atoms with Gasteiger partial charge in [-0.3, -0.25) is 9.48 Å². The summed E-state index contributed by atoms with van der Waals surface area (Å²) in [5.74, 6) is 1.40. The minimum atomic E-state index is 0.741. The largest absolute Gasteiger partial charge is 0.264 e. The lowest BCUT2D eigenvalue weighted by Gasteiger charge is -2.03. The van der Waals surface area contributed by atoms with Crippen molar-refractivity contribution < 1.29 is 4.58 Å². The van der Waals surface area contributed by atoms with Gasteiger partial charge in [0.25, 0.3) is 0 Å². The number of hydrogen-bond acceptors (Lipinski definition) is 1. The molecule has 1 atom stereocenters. The zero-order valence-corrected chi connectivity index (χ0v) is 7.39. The van der Waals surface area contributed by atoms with Gasteiger partial charge in [-0.15, -0.1) is 0 Å². The zero-order valence-electron chi connectivity index (χ0n) is 7.39. The molecule has 0 saturated carbocycles. The van der Waals surface area contributed by atoms with Crippen molar-refractivity contribution in [2.24, 2.45) is 0 Å². The highest BCUT2D eigenvalue weighted by Gasteiger charge is 2.28. The van der Waals surface area contributed by atoms with E-state index in [1.54, 1.807) is 0 Å². The molecule has 1 rings (SSSR count). The summed E-state index contributed by atoms with van der Waals surface area (Å²) in [6.07, 6.45) is 1.25. The molecule has 0 aromatic carbocycles. The fraction of sp³-hybridized carbons (Fsp3) is 0.875. The maximum absolute atomic E-state index is 2.36. The fourth-order valence-corrected chi connectivity index (χ4v) is 1.51. The molecule has 0 bridgehead atoms. The van der Waals surface area contributed by atoms with E-state index in [9.17, 15) is 0 Å². The van der Waals surface area contributed by atoms with Crippen LogP contribution in [0, 0.1) is 0 Å². The lowest BCUT2D eigenvalue weighted by Crippen LogP contribution is -2.22. The van der Waals surface area contributed by atoms with E-state index in [0.717, 1.165) is 6.04 Å². The lowest BCUT2D eigenvalue weighted by molar-refractivity contribution is -0.527. The molecule has 2 nitrogen and oxygen atoms in total. The van der Waals surface area contributed by atoms with E-state index in [2.05, 4.69) is 37.4 Å². The third-order valence-electron chi connectivity index (χ3n) is 2.57. The van der Waals surface area contributed by atoms with Crippen LogP contribution in [-0.4, -0.2) is 42.0 Å². The molecule has 1 unspecified atom stereocenters. The van der Waals surface area contributed by atoms with Gasteiger partial charge in [-0.2, -0.15) is 0 Å². The molecule has 0 N–H and O–H groups in total. The van der Waals surface area contributed by atoms with Gasteiger partial charge in [0.1, 0.15) is 12.6 Å². The minimum Gasteiger partial charge on any atom is -0.264 e. The predicted molar refractivity (Wildman–Crippen MR) is 43.6 cm³/mol. The summed E-state index contributed by atoms with van der Waals surface area (Å²) in [6, 6.07) is 0.741. The van der Waals surface area contributed by atoms with Crippen molar-refractivity contribution in [1.82, 2.24) is 4.90 Å². The molecule has 0 aliphatic carbocycles. The smallest absolute Gasteiger partial charge is 0.243 e. The summed E-state index contributed by atoms with van der Waals surface area (Å²) in [7, 11) is 4.33. The van der Waals surface area contributed by atoms with Crippen molar-refractivity contribution in [2.75, 3.05) is 20.6 Å². The second-order valence-corrected chi connectivity index (χ2v) is 3.10. The van der Waals surface area contributed by atoms with Gasteiger partial charge >= 0.3 is 0 Å². The summed E-state index contributed by atoms with van der Waals surface area (Å²) in [5.41, 5.74) is 0. The van der Waals surface area contributed by atoms with Crippen LogP contribution in [0.15, 0.2) is 0 Å². The number of likely N-dealkylation sites (N-methyl/N-ethyl adjacent to an activating group) is 2. The van der Waals surface area contributed by atoms with Gasteiger partial charge < -0.3 is 0 Å². The van der Waals surface area contributed by atoms with E-state index in [0.29, 0.717) is 0 Å². The number of hydrogen-bond donors (Lipinski definition) is 0. The monoisotopic (exact) mass is 141 g/mol. The molecule has 58 valence electrons. The standard InChI is InChI=1S/C8H17N2/c1-5-8-6-9(3)7(2)10(8)4/h8H,5-6H2,1-4H3/q+1. The van der Waals surface area contributed by atoms with Crippen molar-refractivity contribution in [3.8, 4) is 0 Å². The highest BCUT2D eigenvalue weighted by atomic mass is 15.3. The molecular formula is C8H17N2+. The Morgan fingerprint density at radius 3 is 2.50 bits per heavy atom. The van der Waals surface area contributed by atoms with Crippen molar-refractivity contribution in [2.45, 2.75) is 26.3 Å². The third-order valence-corrected chi connectivity index (χ3v) is 2.57. The first-order valence-corrected chi connectivity index (χ1v) is 3.94. The number of nitrogens with zero attached hydrogens (tertiary/aromatic N) is 2. The molecule has 0 aromatic rings. The summed E-state index contributed by atoms with van der Waals surface area (Å²) in [5, 5.41) is 0. The van der Waals surface area contributed by atoms with Crippen LogP contribution in [0.3, 0.4) is 0 Å². The van der Waals surface area contributed by atoms with Gasteiger partial charge in [0.15, 0.2) is 0 Å². The first kappa shape index (κ1) is 7.58. The van der Waals surface area contributed by atoms with Crippen LogP contribution in [-0.2, 0) is 0 Å². The average molecular weight is 141 g/mol. The Balaban J connectivity index is 2.73. The van der Waals surface area contributed by atoms with Crippen LogP contribution in [0.5, 0.6) is 0 Å². The Kier molecular flexibility index (Phi) is 1.97. The average Bonchev–Trinajstić information content (AvgIpc) is 2.17. The maximum atomic E-state index is 2.36. The van der Waals surface area contributed by atoms with Crippen LogP contribution in [0.4, 0.5) is 0 Å². The van der Waals surface area contributed by atoms with E-state index in [1.807, 2.05) is 0 Å². The summed E-state index contributed by atoms with van der Waals surface area (Å²) < 4.78 is 2.36. The van der Waals surface area contributed by atoms with Crippen LogP contribution in [0.2, 0.25) is 0 Å². The van der Waals surface area contributed by atoms with E-state index >= 15 is 0 Å². The van der Waals surface area contributed by atoms with Gasteiger partial charge in [0, 0.05) is 6.92 Å². The normalized spacial score (nSPS) is 26.4. The molecule has 0 saturated heterocycles. The Morgan fingerprint density at radius 2 is 2.30 bits per heavy atom. The molecule has 0 amide bonds. The fourth-order valence-electron chi connectivity index (χ4n) is 1.51. The SMILES string of the molecule is CCC1CN(C)C(C)=[N+]1C. The van der Waals surface area contributed by atoms with E-state index < -0.39 is 0 Å². The van der Waals surface area contributed by atoms with Gasteiger partial charge in [0.05, 0.1) is 14.1 Å². The molecule has 10 heavy (non-hydrogen) atoms. The zero-order chi connectivity index (χ0) is 7.72. The van der Waals surface area contributed by atoms with E-state index in [1.165, 1.54) is 18.8 Å². The topological polar surface area (TPSA) is 6.25 Å². The minimum absolute atomic E-state index is 0.741. The molecule has 1 aliphatic heterocycles. The third kappa shape index (κ3) is 1.02. The second kappa shape index (κ2) is 2.60. The second-order valence-electron chi connectivity index (χ2n) is 3.10. The van der Waals surface area contributed by atoms with Crippen molar-refractivity contribution >= 4 is 5.84 Å². The van der Waals surface area contributed by atoms with Crippen LogP contribution in [0.25, 0.3) is 0 Å². The molecule has 0 fully saturated rings.